The average Bonchev–Trinajstić information content (AvgIpc) is 2.62. The van der Waals surface area contributed by atoms with Crippen LogP contribution in [-0.2, 0) is 22.7 Å². The van der Waals surface area contributed by atoms with Gasteiger partial charge < -0.3 is 20.7 Å². The molecule has 0 aliphatic heterocycles. The highest BCUT2D eigenvalue weighted by Gasteiger charge is 2.27. The van der Waals surface area contributed by atoms with Gasteiger partial charge in [-0.1, -0.05) is 38.1 Å². The quantitative estimate of drug-likeness (QED) is 0.188. The molecule has 0 saturated heterocycles. The minimum Gasteiger partial charge on any atom is -0.367 e. The molecule has 0 heterocycles. The van der Waals surface area contributed by atoms with Gasteiger partial charge in [-0.3, -0.25) is 4.79 Å². The van der Waals surface area contributed by atoms with Gasteiger partial charge in [0, 0.05) is 25.6 Å². The minimum atomic E-state index is -4.32. The van der Waals surface area contributed by atoms with Crippen LogP contribution in [0.3, 0.4) is 0 Å². The highest BCUT2D eigenvalue weighted by atomic mass is 127. The summed E-state index contributed by atoms with van der Waals surface area (Å²) < 4.78 is 40.9. The van der Waals surface area contributed by atoms with E-state index in [0.717, 1.165) is 5.56 Å². The van der Waals surface area contributed by atoms with Gasteiger partial charge in [-0.15, -0.1) is 24.0 Å². The SMILES string of the molecule is CCNC(=NCc1ccc(COCC(F)(F)F)cc1)NCCNC(=O)C(C)C.I. The van der Waals surface area contributed by atoms with Gasteiger partial charge in [0.05, 0.1) is 13.2 Å². The number of aliphatic imine (C=N–C) groups is 1. The Morgan fingerprint density at radius 3 is 2.21 bits per heavy atom. The van der Waals surface area contributed by atoms with Crippen LogP contribution in [0.1, 0.15) is 31.9 Å². The molecule has 0 bridgehead atoms. The van der Waals surface area contributed by atoms with Crippen LogP contribution in [-0.4, -0.2) is 44.3 Å². The lowest BCUT2D eigenvalue weighted by Crippen LogP contribution is -2.42. The van der Waals surface area contributed by atoms with Crippen molar-refractivity contribution in [3.63, 3.8) is 0 Å². The number of rotatable bonds is 10. The van der Waals surface area contributed by atoms with Crippen LogP contribution in [0.15, 0.2) is 29.3 Å². The first-order valence-electron chi connectivity index (χ1n) is 9.23. The fourth-order valence-corrected chi connectivity index (χ4v) is 2.11. The van der Waals surface area contributed by atoms with E-state index in [1.54, 1.807) is 12.1 Å². The number of nitrogens with zero attached hydrogens (tertiary/aromatic N) is 1. The number of benzene rings is 1. The Morgan fingerprint density at radius 1 is 1.07 bits per heavy atom. The molecule has 1 amide bonds. The summed E-state index contributed by atoms with van der Waals surface area (Å²) in [5, 5.41) is 9.07. The summed E-state index contributed by atoms with van der Waals surface area (Å²) in [6.07, 6.45) is -4.32. The van der Waals surface area contributed by atoms with Gasteiger partial charge in [0.2, 0.25) is 5.91 Å². The number of guanidine groups is 1. The highest BCUT2D eigenvalue weighted by Crippen LogP contribution is 2.16. The third kappa shape index (κ3) is 13.3. The normalized spacial score (nSPS) is 11.8. The fraction of sp³-hybridized carbons (Fsp3) is 0.579. The second-order valence-electron chi connectivity index (χ2n) is 6.49. The van der Waals surface area contributed by atoms with Crippen LogP contribution < -0.4 is 16.0 Å². The van der Waals surface area contributed by atoms with Gasteiger partial charge in [0.1, 0.15) is 6.61 Å². The summed E-state index contributed by atoms with van der Waals surface area (Å²) in [6.45, 7) is 6.42. The second kappa shape index (κ2) is 14.4. The summed E-state index contributed by atoms with van der Waals surface area (Å²) in [6, 6.07) is 7.07. The topological polar surface area (TPSA) is 74.8 Å². The monoisotopic (exact) mass is 530 g/mol. The molecule has 0 aliphatic carbocycles. The van der Waals surface area contributed by atoms with E-state index in [1.807, 2.05) is 32.9 Å². The summed E-state index contributed by atoms with van der Waals surface area (Å²) in [7, 11) is 0. The number of hydrogen-bond acceptors (Lipinski definition) is 3. The largest absolute Gasteiger partial charge is 0.411 e. The Morgan fingerprint density at radius 2 is 1.66 bits per heavy atom. The molecule has 1 rings (SSSR count). The lowest BCUT2D eigenvalue weighted by atomic mass is 10.1. The van der Waals surface area contributed by atoms with Gasteiger partial charge in [0.15, 0.2) is 5.96 Å². The van der Waals surface area contributed by atoms with Crippen molar-refractivity contribution >= 4 is 35.8 Å². The van der Waals surface area contributed by atoms with E-state index in [4.69, 9.17) is 0 Å². The van der Waals surface area contributed by atoms with Crippen molar-refractivity contribution in [2.45, 2.75) is 40.1 Å². The molecule has 166 valence electrons. The standard InChI is InChI=1S/C19H29F3N4O2.HI/c1-4-23-18(25-10-9-24-17(27)14(2)3)26-11-15-5-7-16(8-6-15)12-28-13-19(20,21)22;/h5-8,14H,4,9-13H2,1-3H3,(H,24,27)(H2,23,25,26);1H. The summed E-state index contributed by atoms with van der Waals surface area (Å²) in [4.78, 5) is 16.0. The van der Waals surface area contributed by atoms with E-state index in [2.05, 4.69) is 25.7 Å². The number of alkyl halides is 3. The predicted molar refractivity (Wildman–Crippen MR) is 118 cm³/mol. The van der Waals surface area contributed by atoms with Crippen LogP contribution in [0.4, 0.5) is 13.2 Å². The van der Waals surface area contributed by atoms with Crippen LogP contribution in [0.5, 0.6) is 0 Å². The number of hydrogen-bond donors (Lipinski definition) is 3. The molecule has 0 saturated carbocycles. The second-order valence-corrected chi connectivity index (χ2v) is 6.49. The lowest BCUT2D eigenvalue weighted by Gasteiger charge is -2.12. The van der Waals surface area contributed by atoms with Crippen LogP contribution in [0.25, 0.3) is 0 Å². The molecule has 1 aromatic rings. The first kappa shape index (κ1) is 27.4. The van der Waals surface area contributed by atoms with Crippen molar-refractivity contribution < 1.29 is 22.7 Å². The maximum Gasteiger partial charge on any atom is 0.411 e. The Bertz CT molecular complexity index is 623. The maximum atomic E-state index is 12.1. The molecule has 0 fully saturated rings. The molecule has 1 aromatic carbocycles. The zero-order chi connectivity index (χ0) is 21.0. The Labute approximate surface area is 187 Å². The molecule has 0 radical (unpaired) electrons. The Hall–Kier alpha value is -1.56. The predicted octanol–water partition coefficient (Wildman–Crippen LogP) is 3.21. The van der Waals surface area contributed by atoms with Gasteiger partial charge in [-0.25, -0.2) is 4.99 Å². The molecule has 0 aliphatic rings. The van der Waals surface area contributed by atoms with E-state index in [0.29, 0.717) is 37.7 Å². The third-order valence-electron chi connectivity index (χ3n) is 3.56. The molecular weight excluding hydrogens is 500 g/mol. The molecule has 29 heavy (non-hydrogen) atoms. The Balaban J connectivity index is 0.00000784. The molecule has 0 atom stereocenters. The number of carbonyl (C=O) groups excluding carboxylic acids is 1. The van der Waals surface area contributed by atoms with Crippen LogP contribution in [0.2, 0.25) is 0 Å². The van der Waals surface area contributed by atoms with Gasteiger partial charge in [-0.2, -0.15) is 13.2 Å². The van der Waals surface area contributed by atoms with E-state index >= 15 is 0 Å². The van der Waals surface area contributed by atoms with Crippen molar-refractivity contribution in [2.24, 2.45) is 10.9 Å². The van der Waals surface area contributed by atoms with E-state index in [1.165, 1.54) is 0 Å². The minimum absolute atomic E-state index is 0. The van der Waals surface area contributed by atoms with E-state index in [9.17, 15) is 18.0 Å². The van der Waals surface area contributed by atoms with Crippen LogP contribution in [0, 0.1) is 5.92 Å². The number of ether oxygens (including phenoxy) is 1. The first-order chi connectivity index (χ1) is 13.2. The maximum absolute atomic E-state index is 12.1. The zero-order valence-electron chi connectivity index (χ0n) is 16.9. The molecule has 0 spiro atoms. The molecule has 0 aromatic heterocycles. The van der Waals surface area contributed by atoms with E-state index in [-0.39, 0.29) is 42.4 Å². The molecule has 0 unspecified atom stereocenters. The summed E-state index contributed by atoms with van der Waals surface area (Å²) in [5.74, 6) is 0.575. The summed E-state index contributed by atoms with van der Waals surface area (Å²) in [5.41, 5.74) is 1.59. The molecular formula is C19H30F3IN4O2. The summed E-state index contributed by atoms with van der Waals surface area (Å²) >= 11 is 0. The first-order valence-corrected chi connectivity index (χ1v) is 9.23. The molecule has 3 N–H and O–H groups in total. The number of amides is 1. The average molecular weight is 530 g/mol. The van der Waals surface area contributed by atoms with E-state index < -0.39 is 12.8 Å². The number of carbonyl (C=O) groups is 1. The third-order valence-corrected chi connectivity index (χ3v) is 3.56. The smallest absolute Gasteiger partial charge is 0.367 e. The van der Waals surface area contributed by atoms with Crippen molar-refractivity contribution in [3.05, 3.63) is 35.4 Å². The highest BCUT2D eigenvalue weighted by molar-refractivity contribution is 14.0. The van der Waals surface area contributed by atoms with Gasteiger partial charge >= 0.3 is 6.18 Å². The van der Waals surface area contributed by atoms with Gasteiger partial charge in [-0.05, 0) is 18.1 Å². The van der Waals surface area contributed by atoms with Crippen molar-refractivity contribution in [1.29, 1.82) is 0 Å². The Kier molecular flexibility index (Phi) is 13.7. The van der Waals surface area contributed by atoms with Crippen molar-refractivity contribution in [3.8, 4) is 0 Å². The van der Waals surface area contributed by atoms with Gasteiger partial charge in [0.25, 0.3) is 0 Å². The van der Waals surface area contributed by atoms with Crippen molar-refractivity contribution in [1.82, 2.24) is 16.0 Å². The zero-order valence-corrected chi connectivity index (χ0v) is 19.3. The fourth-order valence-electron chi connectivity index (χ4n) is 2.11. The molecule has 6 nitrogen and oxygen atoms in total. The lowest BCUT2D eigenvalue weighted by molar-refractivity contribution is -0.176. The number of halogens is 4. The molecule has 10 heteroatoms. The van der Waals surface area contributed by atoms with Crippen molar-refractivity contribution in [2.75, 3.05) is 26.2 Å². The van der Waals surface area contributed by atoms with Crippen LogP contribution >= 0.6 is 24.0 Å². The number of nitrogens with one attached hydrogen (secondary N) is 3.